The van der Waals surface area contributed by atoms with Gasteiger partial charge in [0.05, 0.1) is 0 Å². The molecule has 188 valence electrons. The molecule has 0 spiro atoms. The van der Waals surface area contributed by atoms with E-state index in [1.165, 1.54) is 5.56 Å². The number of carbonyl (C=O) groups is 1. The predicted octanol–water partition coefficient (Wildman–Crippen LogP) is 6.85. The van der Waals surface area contributed by atoms with Gasteiger partial charge in [-0.1, -0.05) is 72.3 Å². The summed E-state index contributed by atoms with van der Waals surface area (Å²) in [4.78, 5) is 15.8. The summed E-state index contributed by atoms with van der Waals surface area (Å²) in [5.41, 5.74) is 3.05. The highest BCUT2D eigenvalue weighted by atomic mass is 35.5. The molecule has 4 aromatic rings. The predicted molar refractivity (Wildman–Crippen MR) is 149 cm³/mol. The minimum Gasteiger partial charge on any atom is -0.457 e. The Morgan fingerprint density at radius 1 is 0.757 bits per heavy atom. The number of hydrogen-bond donors (Lipinski definition) is 1. The second-order valence-corrected chi connectivity index (χ2v) is 10.1. The third-order valence-electron chi connectivity index (χ3n) is 6.93. The molecule has 2 atom stereocenters. The largest absolute Gasteiger partial charge is 0.457 e. The first-order valence-corrected chi connectivity index (χ1v) is 13.1. The minimum absolute atomic E-state index is 0.0200. The highest BCUT2D eigenvalue weighted by Crippen LogP contribution is 2.26. The highest BCUT2D eigenvalue weighted by molar-refractivity contribution is 6.30. The third kappa shape index (κ3) is 6.79. The van der Waals surface area contributed by atoms with E-state index in [4.69, 9.17) is 16.3 Å². The Morgan fingerprint density at radius 3 is 2.08 bits per heavy atom. The molecule has 4 aromatic carbocycles. The summed E-state index contributed by atoms with van der Waals surface area (Å²) in [7, 11) is 0. The SMILES string of the molecule is O=C(c1ccc(Oc2ccccc2)cc1)N(Cc1ccc(Cl)cc1)C[C@H]1CNC[C@@H]1Cc1ccccc1. The van der Waals surface area contributed by atoms with Crippen LogP contribution in [0.5, 0.6) is 11.5 Å². The Balaban J connectivity index is 1.33. The van der Waals surface area contributed by atoms with Crippen molar-refractivity contribution in [3.63, 3.8) is 0 Å². The summed E-state index contributed by atoms with van der Waals surface area (Å²) >= 11 is 6.11. The van der Waals surface area contributed by atoms with Crippen molar-refractivity contribution < 1.29 is 9.53 Å². The van der Waals surface area contributed by atoms with Crippen LogP contribution in [0.15, 0.2) is 109 Å². The lowest BCUT2D eigenvalue weighted by molar-refractivity contribution is 0.0705. The Labute approximate surface area is 223 Å². The van der Waals surface area contributed by atoms with Crippen molar-refractivity contribution in [3.05, 3.63) is 131 Å². The fourth-order valence-electron chi connectivity index (χ4n) is 4.94. The zero-order valence-corrected chi connectivity index (χ0v) is 21.5. The maximum Gasteiger partial charge on any atom is 0.254 e. The molecule has 5 rings (SSSR count). The Kier molecular flexibility index (Phi) is 8.19. The lowest BCUT2D eigenvalue weighted by Gasteiger charge is -2.29. The van der Waals surface area contributed by atoms with Gasteiger partial charge in [0, 0.05) is 23.7 Å². The Morgan fingerprint density at radius 2 is 1.38 bits per heavy atom. The zero-order chi connectivity index (χ0) is 25.5. The van der Waals surface area contributed by atoms with E-state index in [1.54, 1.807) is 0 Å². The molecule has 5 heteroatoms. The first-order chi connectivity index (χ1) is 18.1. The molecular weight excluding hydrogens is 480 g/mol. The van der Waals surface area contributed by atoms with Crippen molar-refractivity contribution in [1.29, 1.82) is 0 Å². The third-order valence-corrected chi connectivity index (χ3v) is 7.18. The molecule has 1 fully saturated rings. The smallest absolute Gasteiger partial charge is 0.254 e. The standard InChI is InChI=1S/C32H31ClN2O2/c33-29-15-11-25(12-16-29)22-35(23-28-21-34-20-27(28)19-24-7-3-1-4-8-24)32(36)26-13-17-31(18-14-26)37-30-9-5-2-6-10-30/h1-18,27-28,34H,19-23H2/t27-,28+/m0/s1. The van der Waals surface area contributed by atoms with Crippen LogP contribution >= 0.6 is 11.6 Å². The molecule has 1 heterocycles. The monoisotopic (exact) mass is 510 g/mol. The van der Waals surface area contributed by atoms with Gasteiger partial charge >= 0.3 is 0 Å². The van der Waals surface area contributed by atoms with E-state index in [0.717, 1.165) is 30.8 Å². The number of amides is 1. The fourth-order valence-corrected chi connectivity index (χ4v) is 5.07. The first-order valence-electron chi connectivity index (χ1n) is 12.8. The number of hydrogen-bond acceptors (Lipinski definition) is 3. The summed E-state index contributed by atoms with van der Waals surface area (Å²) < 4.78 is 5.91. The van der Waals surface area contributed by atoms with Crippen molar-refractivity contribution in [2.45, 2.75) is 13.0 Å². The summed E-state index contributed by atoms with van der Waals surface area (Å²) in [6.07, 6.45) is 1.01. The van der Waals surface area contributed by atoms with Crippen LogP contribution in [0.25, 0.3) is 0 Å². The molecule has 37 heavy (non-hydrogen) atoms. The Bertz CT molecular complexity index is 1280. The number of para-hydroxylation sites is 1. The molecule has 1 saturated heterocycles. The van der Waals surface area contributed by atoms with Gasteiger partial charge in [0.1, 0.15) is 11.5 Å². The van der Waals surface area contributed by atoms with Crippen LogP contribution in [0.2, 0.25) is 5.02 Å². The van der Waals surface area contributed by atoms with E-state index < -0.39 is 0 Å². The van der Waals surface area contributed by atoms with Gasteiger partial charge in [-0.05, 0) is 91.0 Å². The maximum atomic E-state index is 13.8. The second-order valence-electron chi connectivity index (χ2n) is 9.62. The lowest BCUT2D eigenvalue weighted by Crippen LogP contribution is -2.37. The average Bonchev–Trinajstić information content (AvgIpc) is 3.37. The first kappa shape index (κ1) is 25.1. The topological polar surface area (TPSA) is 41.6 Å². The fraction of sp³-hybridized carbons (Fsp3) is 0.219. The van der Waals surface area contributed by atoms with Gasteiger partial charge in [-0.2, -0.15) is 0 Å². The minimum atomic E-state index is 0.0200. The van der Waals surface area contributed by atoms with Crippen LogP contribution in [0.1, 0.15) is 21.5 Å². The molecule has 1 aliphatic heterocycles. The van der Waals surface area contributed by atoms with Crippen LogP contribution in [-0.4, -0.2) is 30.4 Å². The number of halogens is 1. The number of rotatable bonds is 9. The zero-order valence-electron chi connectivity index (χ0n) is 20.7. The van der Waals surface area contributed by atoms with Crippen LogP contribution in [0.4, 0.5) is 0 Å². The molecule has 0 aliphatic carbocycles. The molecule has 0 radical (unpaired) electrons. The lowest BCUT2D eigenvalue weighted by atomic mass is 9.89. The van der Waals surface area contributed by atoms with Crippen LogP contribution in [0, 0.1) is 11.8 Å². The number of carbonyl (C=O) groups excluding carboxylic acids is 1. The summed E-state index contributed by atoms with van der Waals surface area (Å²) in [6, 6.07) is 35.4. The molecule has 0 saturated carbocycles. The van der Waals surface area contributed by atoms with Gasteiger partial charge in [0.15, 0.2) is 0 Å². The van der Waals surface area contributed by atoms with Gasteiger partial charge < -0.3 is 15.0 Å². The summed E-state index contributed by atoms with van der Waals surface area (Å²) in [5.74, 6) is 2.34. The van der Waals surface area contributed by atoms with Gasteiger partial charge in [0.25, 0.3) is 5.91 Å². The average molecular weight is 511 g/mol. The van der Waals surface area contributed by atoms with Crippen LogP contribution in [-0.2, 0) is 13.0 Å². The Hall–Kier alpha value is -3.60. The highest BCUT2D eigenvalue weighted by Gasteiger charge is 2.30. The quantitative estimate of drug-likeness (QED) is 0.267. The van der Waals surface area contributed by atoms with Crippen LogP contribution in [0.3, 0.4) is 0 Å². The number of nitrogens with zero attached hydrogens (tertiary/aromatic N) is 1. The molecule has 1 N–H and O–H groups in total. The van der Waals surface area contributed by atoms with Crippen molar-refractivity contribution in [3.8, 4) is 11.5 Å². The van der Waals surface area contributed by atoms with E-state index in [-0.39, 0.29) is 5.91 Å². The van der Waals surface area contributed by atoms with Crippen molar-refractivity contribution in [1.82, 2.24) is 10.2 Å². The molecule has 0 unspecified atom stereocenters. The van der Waals surface area contributed by atoms with Gasteiger partial charge in [-0.15, -0.1) is 0 Å². The van der Waals surface area contributed by atoms with E-state index in [0.29, 0.717) is 41.3 Å². The maximum absolute atomic E-state index is 13.8. The van der Waals surface area contributed by atoms with Gasteiger partial charge in [-0.3, -0.25) is 4.79 Å². The molecule has 4 nitrogen and oxygen atoms in total. The van der Waals surface area contributed by atoms with Crippen molar-refractivity contribution in [2.75, 3.05) is 19.6 Å². The number of ether oxygens (including phenoxy) is 1. The molecule has 0 aromatic heterocycles. The van der Waals surface area contributed by atoms with Crippen LogP contribution < -0.4 is 10.1 Å². The summed E-state index contributed by atoms with van der Waals surface area (Å²) in [5, 5.41) is 4.25. The number of benzene rings is 4. The van der Waals surface area contributed by atoms with E-state index in [1.807, 2.05) is 83.8 Å². The van der Waals surface area contributed by atoms with Crippen molar-refractivity contribution >= 4 is 17.5 Å². The summed E-state index contributed by atoms with van der Waals surface area (Å²) in [6.45, 7) is 3.10. The molecule has 1 aliphatic rings. The molecule has 0 bridgehead atoms. The molecular formula is C32H31ClN2O2. The van der Waals surface area contributed by atoms with Crippen molar-refractivity contribution in [2.24, 2.45) is 11.8 Å². The van der Waals surface area contributed by atoms with Gasteiger partial charge in [-0.25, -0.2) is 0 Å². The van der Waals surface area contributed by atoms with Gasteiger partial charge in [0.2, 0.25) is 0 Å². The van der Waals surface area contributed by atoms with E-state index in [2.05, 4.69) is 35.6 Å². The second kappa shape index (κ2) is 12.1. The molecule has 1 amide bonds. The van der Waals surface area contributed by atoms with E-state index in [9.17, 15) is 4.79 Å². The van der Waals surface area contributed by atoms with E-state index >= 15 is 0 Å². The number of nitrogens with one attached hydrogen (secondary N) is 1. The normalized spacial score (nSPS) is 16.9.